The molecule has 1 aromatic carbocycles. The van der Waals surface area contributed by atoms with E-state index < -0.39 is 0 Å². The Morgan fingerprint density at radius 3 is 2.39 bits per heavy atom. The van der Waals surface area contributed by atoms with Crippen LogP contribution in [0.2, 0.25) is 0 Å². The maximum Gasteiger partial charge on any atom is 0.251 e. The van der Waals surface area contributed by atoms with Crippen molar-refractivity contribution in [2.75, 3.05) is 54.2 Å². The van der Waals surface area contributed by atoms with Crippen molar-refractivity contribution in [2.45, 2.75) is 6.04 Å². The number of hydrogen-bond donors (Lipinski definition) is 1. The van der Waals surface area contributed by atoms with Gasteiger partial charge >= 0.3 is 0 Å². The van der Waals surface area contributed by atoms with Crippen LogP contribution < -0.4 is 19.5 Å². The van der Waals surface area contributed by atoms with Crippen molar-refractivity contribution in [3.8, 4) is 17.2 Å². The first-order chi connectivity index (χ1) is 13.7. The fourth-order valence-corrected chi connectivity index (χ4v) is 4.14. The van der Waals surface area contributed by atoms with Gasteiger partial charge in [-0.1, -0.05) is 6.07 Å². The first-order valence-electron chi connectivity index (χ1n) is 9.11. The number of methoxy groups -OCH3 is 3. The number of nitrogens with one attached hydrogen (secondary N) is 1. The van der Waals surface area contributed by atoms with Gasteiger partial charge < -0.3 is 24.3 Å². The molecule has 2 heterocycles. The molecule has 1 amide bonds. The van der Waals surface area contributed by atoms with Gasteiger partial charge in [0.05, 0.1) is 40.6 Å². The largest absolute Gasteiger partial charge is 0.493 e. The molecule has 1 aromatic heterocycles. The van der Waals surface area contributed by atoms with Gasteiger partial charge in [-0.2, -0.15) is 0 Å². The Morgan fingerprint density at radius 1 is 1.18 bits per heavy atom. The summed E-state index contributed by atoms with van der Waals surface area (Å²) in [5.41, 5.74) is 0.460. The van der Waals surface area contributed by atoms with Crippen LogP contribution in [0.1, 0.15) is 21.3 Å². The number of amides is 1. The molecule has 0 saturated carbocycles. The molecular weight excluding hydrogens is 380 g/mol. The van der Waals surface area contributed by atoms with E-state index >= 15 is 0 Å². The number of rotatable bonds is 8. The first-order valence-corrected chi connectivity index (χ1v) is 9.99. The van der Waals surface area contributed by atoms with Crippen molar-refractivity contribution in [3.63, 3.8) is 0 Å². The SMILES string of the molecule is COc1cc(C(=O)NC[C@H](c2cccs2)N2CCOCC2)cc(OC)c1OC. The number of carbonyl (C=O) groups excluding carboxylic acids is 1. The zero-order valence-electron chi connectivity index (χ0n) is 16.4. The Morgan fingerprint density at radius 2 is 1.86 bits per heavy atom. The molecule has 7 nitrogen and oxygen atoms in total. The predicted molar refractivity (Wildman–Crippen MR) is 108 cm³/mol. The molecule has 8 heteroatoms. The molecule has 28 heavy (non-hydrogen) atoms. The summed E-state index contributed by atoms with van der Waals surface area (Å²) < 4.78 is 21.5. The third-order valence-corrected chi connectivity index (χ3v) is 5.71. The minimum atomic E-state index is -0.186. The van der Waals surface area contributed by atoms with E-state index in [-0.39, 0.29) is 11.9 Å². The molecule has 0 spiro atoms. The lowest BCUT2D eigenvalue weighted by molar-refractivity contribution is 0.0169. The molecule has 2 aromatic rings. The van der Waals surface area contributed by atoms with Crippen LogP contribution in [0.5, 0.6) is 17.2 Å². The highest BCUT2D eigenvalue weighted by molar-refractivity contribution is 7.10. The summed E-state index contributed by atoms with van der Waals surface area (Å²) in [6.45, 7) is 3.63. The summed E-state index contributed by atoms with van der Waals surface area (Å²) in [6.07, 6.45) is 0. The number of thiophene rings is 1. The maximum atomic E-state index is 12.8. The summed E-state index contributed by atoms with van der Waals surface area (Å²) in [6, 6.07) is 7.58. The van der Waals surface area contributed by atoms with Crippen LogP contribution in [-0.4, -0.2) is 65.0 Å². The van der Waals surface area contributed by atoms with Crippen LogP contribution in [0.25, 0.3) is 0 Å². The smallest absolute Gasteiger partial charge is 0.251 e. The lowest BCUT2D eigenvalue weighted by atomic mass is 10.1. The van der Waals surface area contributed by atoms with E-state index in [9.17, 15) is 4.79 Å². The van der Waals surface area contributed by atoms with Crippen molar-refractivity contribution < 1.29 is 23.7 Å². The van der Waals surface area contributed by atoms with Gasteiger partial charge in [-0.3, -0.25) is 9.69 Å². The minimum Gasteiger partial charge on any atom is -0.493 e. The molecule has 0 bridgehead atoms. The molecule has 1 atom stereocenters. The zero-order chi connectivity index (χ0) is 19.9. The van der Waals surface area contributed by atoms with Crippen LogP contribution in [0.15, 0.2) is 29.6 Å². The monoisotopic (exact) mass is 406 g/mol. The zero-order valence-corrected chi connectivity index (χ0v) is 17.2. The second-order valence-corrected chi connectivity index (χ2v) is 7.28. The van der Waals surface area contributed by atoms with Crippen LogP contribution >= 0.6 is 11.3 Å². The van der Waals surface area contributed by atoms with E-state index in [1.165, 1.54) is 26.2 Å². The Labute approximate surface area is 169 Å². The fraction of sp³-hybridized carbons (Fsp3) is 0.450. The van der Waals surface area contributed by atoms with Crippen molar-refractivity contribution in [2.24, 2.45) is 0 Å². The van der Waals surface area contributed by atoms with Gasteiger partial charge in [-0.15, -0.1) is 11.3 Å². The normalized spacial score (nSPS) is 15.7. The van der Waals surface area contributed by atoms with Crippen molar-refractivity contribution in [3.05, 3.63) is 40.1 Å². The first kappa shape index (κ1) is 20.4. The lowest BCUT2D eigenvalue weighted by Crippen LogP contribution is -2.43. The van der Waals surface area contributed by atoms with E-state index in [0.717, 1.165) is 13.1 Å². The lowest BCUT2D eigenvalue weighted by Gasteiger charge is -2.34. The summed E-state index contributed by atoms with van der Waals surface area (Å²) >= 11 is 1.70. The minimum absolute atomic E-state index is 0.120. The average molecular weight is 407 g/mol. The number of nitrogens with zero attached hydrogens (tertiary/aromatic N) is 1. The maximum absolute atomic E-state index is 12.8. The van der Waals surface area contributed by atoms with Crippen molar-refractivity contribution in [1.29, 1.82) is 0 Å². The molecule has 1 saturated heterocycles. The van der Waals surface area contributed by atoms with Gasteiger partial charge in [0.15, 0.2) is 11.5 Å². The van der Waals surface area contributed by atoms with Gasteiger partial charge in [-0.05, 0) is 23.6 Å². The van der Waals surface area contributed by atoms with E-state index in [1.807, 2.05) is 6.07 Å². The highest BCUT2D eigenvalue weighted by atomic mass is 32.1. The number of ether oxygens (including phenoxy) is 4. The van der Waals surface area contributed by atoms with Crippen LogP contribution in [0.3, 0.4) is 0 Å². The molecule has 1 aliphatic heterocycles. The third-order valence-electron chi connectivity index (χ3n) is 4.74. The van der Waals surface area contributed by atoms with Crippen LogP contribution in [0.4, 0.5) is 0 Å². The van der Waals surface area contributed by atoms with Gasteiger partial charge in [0.25, 0.3) is 5.91 Å². The van der Waals surface area contributed by atoms with Crippen molar-refractivity contribution in [1.82, 2.24) is 10.2 Å². The number of morpholine rings is 1. The average Bonchev–Trinajstić information content (AvgIpc) is 3.27. The van der Waals surface area contributed by atoms with Crippen molar-refractivity contribution >= 4 is 17.2 Å². The second-order valence-electron chi connectivity index (χ2n) is 6.30. The fourth-order valence-electron chi connectivity index (χ4n) is 3.28. The van der Waals surface area contributed by atoms with Gasteiger partial charge in [-0.25, -0.2) is 0 Å². The quantitative estimate of drug-likeness (QED) is 0.727. The molecular formula is C20H26N2O5S. The second kappa shape index (κ2) is 9.77. The molecule has 1 aliphatic rings. The topological polar surface area (TPSA) is 69.3 Å². The van der Waals surface area contributed by atoms with E-state index in [4.69, 9.17) is 18.9 Å². The summed E-state index contributed by atoms with van der Waals surface area (Å²) in [5.74, 6) is 1.19. The summed E-state index contributed by atoms with van der Waals surface area (Å²) in [4.78, 5) is 16.4. The van der Waals surface area contributed by atoms with E-state index in [2.05, 4.69) is 21.7 Å². The van der Waals surface area contributed by atoms with Crippen LogP contribution in [0, 0.1) is 0 Å². The Bertz CT molecular complexity index is 750. The highest BCUT2D eigenvalue weighted by Crippen LogP contribution is 2.38. The Balaban J connectivity index is 1.75. The summed E-state index contributed by atoms with van der Waals surface area (Å²) in [5, 5.41) is 5.12. The predicted octanol–water partition coefficient (Wildman–Crippen LogP) is 2.58. The van der Waals surface area contributed by atoms with Gasteiger partial charge in [0.1, 0.15) is 0 Å². The van der Waals surface area contributed by atoms with Crippen LogP contribution in [-0.2, 0) is 4.74 Å². The Hall–Kier alpha value is -2.29. The van der Waals surface area contributed by atoms with E-state index in [1.54, 1.807) is 23.5 Å². The molecule has 1 fully saturated rings. The highest BCUT2D eigenvalue weighted by Gasteiger charge is 2.25. The molecule has 0 radical (unpaired) electrons. The molecule has 0 unspecified atom stereocenters. The molecule has 0 aliphatic carbocycles. The standard InChI is InChI=1S/C20H26N2O5S/c1-24-16-11-14(12-17(25-2)19(16)26-3)20(23)21-13-15(18-5-4-10-28-18)22-6-8-27-9-7-22/h4-5,10-12,15H,6-9,13H2,1-3H3,(H,21,23)/t15-/m1/s1. The summed E-state index contributed by atoms with van der Waals surface area (Å²) in [7, 11) is 4.60. The molecule has 3 rings (SSSR count). The van der Waals surface area contributed by atoms with Gasteiger partial charge in [0, 0.05) is 30.1 Å². The molecule has 1 N–H and O–H groups in total. The number of carbonyl (C=O) groups is 1. The number of benzene rings is 1. The number of hydrogen-bond acceptors (Lipinski definition) is 7. The Kier molecular flexibility index (Phi) is 7.13. The third kappa shape index (κ3) is 4.57. The molecule has 152 valence electrons. The van der Waals surface area contributed by atoms with E-state index in [0.29, 0.717) is 42.6 Å². The van der Waals surface area contributed by atoms with Gasteiger partial charge in [0.2, 0.25) is 5.75 Å².